The molecule has 6 rings (SSSR count). The van der Waals surface area contributed by atoms with E-state index in [1.165, 1.54) is 4.90 Å². The van der Waals surface area contributed by atoms with Crippen LogP contribution in [0, 0.1) is 6.92 Å². The zero-order valence-electron chi connectivity index (χ0n) is 24.8. The van der Waals surface area contributed by atoms with Crippen molar-refractivity contribution in [2.75, 3.05) is 0 Å². The monoisotopic (exact) mass is 596 g/mol. The molecule has 0 aliphatic carbocycles. The van der Waals surface area contributed by atoms with E-state index in [4.69, 9.17) is 9.47 Å². The van der Waals surface area contributed by atoms with E-state index in [1.807, 2.05) is 85.8 Å². The summed E-state index contributed by atoms with van der Waals surface area (Å²) >= 11 is 0. The van der Waals surface area contributed by atoms with Crippen molar-refractivity contribution < 1.29 is 24.2 Å². The van der Waals surface area contributed by atoms with Gasteiger partial charge in [-0.3, -0.25) is 14.6 Å². The first kappa shape index (κ1) is 29.4. The van der Waals surface area contributed by atoms with Gasteiger partial charge in [-0.15, -0.1) is 0 Å². The maximum absolute atomic E-state index is 13.5. The van der Waals surface area contributed by atoms with Crippen LogP contribution in [0.3, 0.4) is 0 Å². The number of Topliss-reactive ketones (excluding diaryl/α,β-unsaturated/α-hetero) is 1. The smallest absolute Gasteiger partial charge is 0.295 e. The summed E-state index contributed by atoms with van der Waals surface area (Å²) in [6.07, 6.45) is 3.31. The molecule has 1 amide bonds. The summed E-state index contributed by atoms with van der Waals surface area (Å²) in [6.45, 7) is 2.99. The van der Waals surface area contributed by atoms with Crippen LogP contribution < -0.4 is 9.47 Å². The molecule has 7 nitrogen and oxygen atoms in total. The highest BCUT2D eigenvalue weighted by atomic mass is 16.5. The number of rotatable bonds is 10. The number of aliphatic hydroxyl groups is 1. The molecule has 1 unspecified atom stereocenters. The van der Waals surface area contributed by atoms with E-state index in [-0.39, 0.29) is 17.9 Å². The highest BCUT2D eigenvalue weighted by Crippen LogP contribution is 2.41. The van der Waals surface area contributed by atoms with Crippen LogP contribution in [0.4, 0.5) is 0 Å². The Hall–Kier alpha value is -5.69. The fraction of sp³-hybridized carbons (Fsp3) is 0.132. The number of aryl methyl sites for hydroxylation is 1. The van der Waals surface area contributed by atoms with E-state index >= 15 is 0 Å². The van der Waals surface area contributed by atoms with Gasteiger partial charge in [-0.2, -0.15) is 0 Å². The van der Waals surface area contributed by atoms with Crippen molar-refractivity contribution in [1.29, 1.82) is 0 Å². The SMILES string of the molecule is Cc1cccc(COc2ccc(/C(O)=C3\C(=O)C(=O)N(Cc4cccnc4)C3c3ccc(OCc4ccccc4)cc3)cc2)c1. The van der Waals surface area contributed by atoms with Gasteiger partial charge in [-0.1, -0.05) is 78.4 Å². The van der Waals surface area contributed by atoms with E-state index in [0.29, 0.717) is 35.8 Å². The molecular weight excluding hydrogens is 564 g/mol. The van der Waals surface area contributed by atoms with Gasteiger partial charge in [0.15, 0.2) is 0 Å². The molecule has 0 radical (unpaired) electrons. The van der Waals surface area contributed by atoms with Crippen LogP contribution in [0.5, 0.6) is 11.5 Å². The van der Waals surface area contributed by atoms with Gasteiger partial charge < -0.3 is 19.5 Å². The Morgan fingerprint density at radius 3 is 2.07 bits per heavy atom. The lowest BCUT2D eigenvalue weighted by molar-refractivity contribution is -0.140. The number of hydrogen-bond donors (Lipinski definition) is 1. The van der Waals surface area contributed by atoms with Crippen molar-refractivity contribution in [2.24, 2.45) is 0 Å². The summed E-state index contributed by atoms with van der Waals surface area (Å²) in [6, 6.07) is 34.9. The zero-order chi connectivity index (χ0) is 31.2. The summed E-state index contributed by atoms with van der Waals surface area (Å²) in [4.78, 5) is 32.6. The molecule has 45 heavy (non-hydrogen) atoms. The molecule has 1 aliphatic heterocycles. The Labute approximate surface area is 262 Å². The fourth-order valence-corrected chi connectivity index (χ4v) is 5.40. The molecule has 1 atom stereocenters. The lowest BCUT2D eigenvalue weighted by Crippen LogP contribution is -2.29. The van der Waals surface area contributed by atoms with Crippen LogP contribution in [-0.4, -0.2) is 26.7 Å². The van der Waals surface area contributed by atoms with Gasteiger partial charge in [-0.05, 0) is 71.6 Å². The number of ketones is 1. The van der Waals surface area contributed by atoms with Gasteiger partial charge in [0.25, 0.3) is 11.7 Å². The highest BCUT2D eigenvalue weighted by Gasteiger charge is 2.46. The summed E-state index contributed by atoms with van der Waals surface area (Å²) in [5.41, 5.74) is 5.11. The molecule has 0 saturated carbocycles. The van der Waals surface area contributed by atoms with Gasteiger partial charge in [-0.25, -0.2) is 0 Å². The fourth-order valence-electron chi connectivity index (χ4n) is 5.40. The third-order valence-corrected chi connectivity index (χ3v) is 7.68. The number of ether oxygens (including phenoxy) is 2. The Morgan fingerprint density at radius 2 is 1.40 bits per heavy atom. The predicted octanol–water partition coefficient (Wildman–Crippen LogP) is 7.17. The number of aliphatic hydroxyl groups excluding tert-OH is 1. The Kier molecular flexibility index (Phi) is 8.69. The average Bonchev–Trinajstić information content (AvgIpc) is 3.32. The van der Waals surface area contributed by atoms with Crippen LogP contribution in [0.1, 0.15) is 39.4 Å². The van der Waals surface area contributed by atoms with E-state index in [1.54, 1.807) is 42.7 Å². The maximum atomic E-state index is 13.5. The number of hydrogen-bond acceptors (Lipinski definition) is 6. The molecule has 1 saturated heterocycles. The van der Waals surface area contributed by atoms with Crippen molar-refractivity contribution in [3.63, 3.8) is 0 Å². The number of carbonyl (C=O) groups is 2. The maximum Gasteiger partial charge on any atom is 0.295 e. The molecule has 0 bridgehead atoms. The standard InChI is InChI=1S/C38H32N2O5/c1-26-7-5-10-28(21-26)25-45-33-18-14-31(15-19-33)36(41)34-35(40(38(43)37(34)42)23-29-11-6-20-39-22-29)30-12-16-32(17-13-30)44-24-27-8-3-2-4-9-27/h2-22,35,41H,23-25H2,1H3/b36-34+. The third-order valence-electron chi connectivity index (χ3n) is 7.68. The Morgan fingerprint density at radius 1 is 0.756 bits per heavy atom. The minimum atomic E-state index is -0.814. The summed E-state index contributed by atoms with van der Waals surface area (Å²) < 4.78 is 11.9. The molecule has 224 valence electrons. The third kappa shape index (κ3) is 6.78. The number of benzene rings is 4. The van der Waals surface area contributed by atoms with E-state index < -0.39 is 17.7 Å². The molecule has 1 N–H and O–H groups in total. The second kappa shape index (κ2) is 13.3. The van der Waals surface area contributed by atoms with Crippen LogP contribution >= 0.6 is 0 Å². The van der Waals surface area contributed by atoms with Crippen molar-refractivity contribution in [3.05, 3.63) is 167 Å². The molecule has 4 aromatic carbocycles. The Balaban J connectivity index is 1.28. The first-order valence-corrected chi connectivity index (χ1v) is 14.7. The molecule has 1 aliphatic rings. The summed E-state index contributed by atoms with van der Waals surface area (Å²) in [5.74, 6) is -0.416. The van der Waals surface area contributed by atoms with Gasteiger partial charge >= 0.3 is 0 Å². The largest absolute Gasteiger partial charge is 0.507 e. The molecule has 0 spiro atoms. The average molecular weight is 597 g/mol. The lowest BCUT2D eigenvalue weighted by Gasteiger charge is -2.25. The number of amides is 1. The first-order chi connectivity index (χ1) is 22.0. The normalized spacial score (nSPS) is 15.7. The molecular formula is C38H32N2O5. The second-order valence-corrected chi connectivity index (χ2v) is 10.9. The number of likely N-dealkylation sites (tertiary alicyclic amines) is 1. The number of carbonyl (C=O) groups excluding carboxylic acids is 2. The molecule has 5 aromatic rings. The number of aromatic nitrogens is 1. The minimum absolute atomic E-state index is 0.0234. The second-order valence-electron chi connectivity index (χ2n) is 10.9. The predicted molar refractivity (Wildman–Crippen MR) is 171 cm³/mol. The van der Waals surface area contributed by atoms with Gasteiger partial charge in [0.1, 0.15) is 30.5 Å². The molecule has 7 heteroatoms. The highest BCUT2D eigenvalue weighted by molar-refractivity contribution is 6.46. The van der Waals surface area contributed by atoms with Crippen molar-refractivity contribution in [2.45, 2.75) is 32.7 Å². The molecule has 1 aromatic heterocycles. The van der Waals surface area contributed by atoms with Gasteiger partial charge in [0.05, 0.1) is 11.6 Å². The van der Waals surface area contributed by atoms with Crippen molar-refractivity contribution in [1.82, 2.24) is 9.88 Å². The van der Waals surface area contributed by atoms with E-state index in [2.05, 4.69) is 11.1 Å². The van der Waals surface area contributed by atoms with Crippen LogP contribution in [0.2, 0.25) is 0 Å². The minimum Gasteiger partial charge on any atom is -0.507 e. The summed E-state index contributed by atoms with van der Waals surface area (Å²) in [5, 5.41) is 11.5. The van der Waals surface area contributed by atoms with Gasteiger partial charge in [0, 0.05) is 24.5 Å². The first-order valence-electron chi connectivity index (χ1n) is 14.7. The van der Waals surface area contributed by atoms with E-state index in [9.17, 15) is 14.7 Å². The van der Waals surface area contributed by atoms with Crippen LogP contribution in [0.15, 0.2) is 133 Å². The quantitative estimate of drug-likeness (QED) is 0.104. The Bertz CT molecular complexity index is 1820. The van der Waals surface area contributed by atoms with Crippen LogP contribution in [-0.2, 0) is 29.3 Å². The lowest BCUT2D eigenvalue weighted by atomic mass is 9.95. The number of pyridine rings is 1. The molecule has 2 heterocycles. The number of nitrogens with zero attached hydrogens (tertiary/aromatic N) is 2. The van der Waals surface area contributed by atoms with Crippen molar-refractivity contribution >= 4 is 17.4 Å². The van der Waals surface area contributed by atoms with Gasteiger partial charge in [0.2, 0.25) is 0 Å². The van der Waals surface area contributed by atoms with E-state index in [0.717, 1.165) is 22.3 Å². The zero-order valence-corrected chi connectivity index (χ0v) is 24.8. The summed E-state index contributed by atoms with van der Waals surface area (Å²) in [7, 11) is 0. The molecule has 1 fully saturated rings. The van der Waals surface area contributed by atoms with Crippen LogP contribution in [0.25, 0.3) is 5.76 Å². The van der Waals surface area contributed by atoms with Crippen molar-refractivity contribution in [3.8, 4) is 11.5 Å². The topological polar surface area (TPSA) is 89.0 Å².